The first-order valence-electron chi connectivity index (χ1n) is 9.98. The largest absolute Gasteiger partial charge is 0.466 e. The summed E-state index contributed by atoms with van der Waals surface area (Å²) in [5.41, 5.74) is 1.73. The molecule has 0 aliphatic rings. The number of hydrogen-bond acceptors (Lipinski definition) is 7. The summed E-state index contributed by atoms with van der Waals surface area (Å²) in [4.78, 5) is 41.4. The lowest BCUT2D eigenvalue weighted by Gasteiger charge is -2.18. The highest BCUT2D eigenvalue weighted by Crippen LogP contribution is 2.16. The van der Waals surface area contributed by atoms with Gasteiger partial charge in [-0.15, -0.1) is 0 Å². The van der Waals surface area contributed by atoms with E-state index >= 15 is 0 Å². The number of ether oxygens (including phenoxy) is 1. The Balaban J connectivity index is 1.73. The number of pyridine rings is 1. The second kappa shape index (κ2) is 10.7. The fourth-order valence-electron chi connectivity index (χ4n) is 3.15. The number of rotatable bonds is 9. The molecular formula is C22H24N6O4. The number of imidazole rings is 1. The smallest absolute Gasteiger partial charge is 0.333 e. The second-order valence-electron chi connectivity index (χ2n) is 6.86. The number of nitrogens with zero attached hydrogens (tertiary/aromatic N) is 4. The fraction of sp³-hybridized carbons (Fsp3) is 0.227. The molecule has 10 heteroatoms. The number of hydrazone groups is 1. The van der Waals surface area contributed by atoms with Crippen molar-refractivity contribution in [2.75, 3.05) is 6.61 Å². The van der Waals surface area contributed by atoms with Crippen molar-refractivity contribution in [2.24, 2.45) is 10.9 Å². The van der Waals surface area contributed by atoms with Crippen molar-refractivity contribution in [3.05, 3.63) is 82.8 Å². The van der Waals surface area contributed by atoms with Crippen LogP contribution in [0.2, 0.25) is 0 Å². The van der Waals surface area contributed by atoms with Crippen molar-refractivity contribution in [3.8, 4) is 5.69 Å². The van der Waals surface area contributed by atoms with Gasteiger partial charge in [0.25, 0.3) is 0 Å². The number of carbonyl (C=O) groups excluding carboxylic acids is 2. The van der Waals surface area contributed by atoms with E-state index in [1.54, 1.807) is 61.9 Å². The Morgan fingerprint density at radius 2 is 2.03 bits per heavy atom. The monoisotopic (exact) mass is 436 g/mol. The van der Waals surface area contributed by atoms with E-state index in [2.05, 4.69) is 15.4 Å². The Bertz CT molecular complexity index is 1140. The maximum atomic E-state index is 12.7. The van der Waals surface area contributed by atoms with Gasteiger partial charge in [-0.25, -0.2) is 4.79 Å². The van der Waals surface area contributed by atoms with E-state index in [0.29, 0.717) is 11.3 Å². The van der Waals surface area contributed by atoms with Gasteiger partial charge >= 0.3 is 11.7 Å². The molecule has 32 heavy (non-hydrogen) atoms. The first-order chi connectivity index (χ1) is 15.5. The predicted octanol–water partition coefficient (Wildman–Crippen LogP) is 1.14. The summed E-state index contributed by atoms with van der Waals surface area (Å²) in [6.45, 7) is 1.75. The van der Waals surface area contributed by atoms with Crippen LogP contribution in [0.25, 0.3) is 5.69 Å². The molecular weight excluding hydrogens is 412 g/mol. The molecule has 0 aliphatic carbocycles. The van der Waals surface area contributed by atoms with Crippen molar-refractivity contribution in [1.29, 1.82) is 0 Å². The zero-order valence-corrected chi connectivity index (χ0v) is 17.5. The van der Waals surface area contributed by atoms with Gasteiger partial charge in [-0.1, -0.05) is 18.2 Å². The Kier molecular flexibility index (Phi) is 7.52. The topological polar surface area (TPSA) is 134 Å². The van der Waals surface area contributed by atoms with Crippen LogP contribution >= 0.6 is 0 Å². The lowest BCUT2D eigenvalue weighted by atomic mass is 10.1. The average Bonchev–Trinajstić information content (AvgIpc) is 3.15. The SMILES string of the molecule is CCOC(=O)CC(NC(=O)Cn1ccn(-c2ccc(C=NN)cc2)c1=O)c1cccnc1. The number of benzene rings is 1. The van der Waals surface area contributed by atoms with Gasteiger partial charge in [0.05, 0.1) is 31.0 Å². The van der Waals surface area contributed by atoms with Gasteiger partial charge in [-0.2, -0.15) is 5.10 Å². The minimum atomic E-state index is -0.621. The fourth-order valence-corrected chi connectivity index (χ4v) is 3.15. The Morgan fingerprint density at radius 1 is 1.25 bits per heavy atom. The second-order valence-corrected chi connectivity index (χ2v) is 6.86. The van der Waals surface area contributed by atoms with Crippen molar-refractivity contribution in [2.45, 2.75) is 25.9 Å². The molecule has 166 valence electrons. The highest BCUT2D eigenvalue weighted by molar-refractivity contribution is 5.79. The number of carbonyl (C=O) groups is 2. The van der Waals surface area contributed by atoms with E-state index < -0.39 is 17.9 Å². The van der Waals surface area contributed by atoms with E-state index in [0.717, 1.165) is 5.56 Å². The average molecular weight is 436 g/mol. The van der Waals surface area contributed by atoms with E-state index in [-0.39, 0.29) is 25.3 Å². The van der Waals surface area contributed by atoms with Crippen LogP contribution in [-0.2, 0) is 20.9 Å². The van der Waals surface area contributed by atoms with Crippen LogP contribution in [0.5, 0.6) is 0 Å². The molecule has 1 amide bonds. The summed E-state index contributed by atoms with van der Waals surface area (Å²) in [5.74, 6) is 4.28. The molecule has 0 radical (unpaired) electrons. The van der Waals surface area contributed by atoms with Gasteiger partial charge in [0.2, 0.25) is 5.91 Å². The van der Waals surface area contributed by atoms with Gasteiger partial charge in [-0.05, 0) is 36.2 Å². The third-order valence-electron chi connectivity index (χ3n) is 4.65. The predicted molar refractivity (Wildman–Crippen MR) is 118 cm³/mol. The number of hydrogen-bond donors (Lipinski definition) is 2. The number of esters is 1. The van der Waals surface area contributed by atoms with Crippen LogP contribution in [0, 0.1) is 0 Å². The molecule has 0 aliphatic heterocycles. The zero-order chi connectivity index (χ0) is 22.9. The highest BCUT2D eigenvalue weighted by atomic mass is 16.5. The summed E-state index contributed by atoms with van der Waals surface area (Å²) in [6.07, 6.45) is 7.74. The van der Waals surface area contributed by atoms with E-state index in [9.17, 15) is 14.4 Å². The first kappa shape index (κ1) is 22.5. The van der Waals surface area contributed by atoms with Gasteiger partial charge < -0.3 is 15.9 Å². The lowest BCUT2D eigenvalue weighted by molar-refractivity contribution is -0.143. The van der Waals surface area contributed by atoms with E-state index in [1.165, 1.54) is 21.5 Å². The lowest BCUT2D eigenvalue weighted by Crippen LogP contribution is -2.36. The third-order valence-corrected chi connectivity index (χ3v) is 4.65. The summed E-state index contributed by atoms with van der Waals surface area (Å²) in [6, 6.07) is 9.91. The van der Waals surface area contributed by atoms with E-state index in [1.807, 2.05) is 0 Å². The van der Waals surface area contributed by atoms with Crippen LogP contribution in [0.4, 0.5) is 0 Å². The quantitative estimate of drug-likeness (QED) is 0.224. The minimum Gasteiger partial charge on any atom is -0.466 e. The molecule has 1 aromatic carbocycles. The number of aromatic nitrogens is 3. The van der Waals surface area contributed by atoms with Gasteiger partial charge in [0.15, 0.2) is 0 Å². The van der Waals surface area contributed by atoms with Crippen molar-refractivity contribution < 1.29 is 14.3 Å². The van der Waals surface area contributed by atoms with Gasteiger partial charge in [-0.3, -0.25) is 23.7 Å². The number of nitrogens with two attached hydrogens (primary N) is 1. The third kappa shape index (κ3) is 5.69. The number of amides is 1. The maximum Gasteiger partial charge on any atom is 0.333 e. The molecule has 0 spiro atoms. The molecule has 0 fully saturated rings. The van der Waals surface area contributed by atoms with E-state index in [4.69, 9.17) is 10.6 Å². The van der Waals surface area contributed by atoms with Crippen LogP contribution in [0.15, 0.2) is 71.1 Å². The minimum absolute atomic E-state index is 0.0420. The standard InChI is InChI=1S/C22H24N6O4/c1-2-32-21(30)12-19(17-4-3-9-24-14-17)26-20(29)15-27-10-11-28(22(27)31)18-7-5-16(6-8-18)13-25-23/h3-11,13-14,19H,2,12,15,23H2,1H3,(H,26,29). The van der Waals surface area contributed by atoms with Crippen LogP contribution in [0.3, 0.4) is 0 Å². The summed E-state index contributed by atoms with van der Waals surface area (Å²) in [5, 5.41) is 6.25. The van der Waals surface area contributed by atoms with Gasteiger partial charge in [0, 0.05) is 24.8 Å². The summed E-state index contributed by atoms with van der Waals surface area (Å²) < 4.78 is 7.72. The molecule has 3 rings (SSSR count). The molecule has 2 heterocycles. The number of nitrogens with one attached hydrogen (secondary N) is 1. The van der Waals surface area contributed by atoms with Crippen molar-refractivity contribution in [3.63, 3.8) is 0 Å². The Morgan fingerprint density at radius 3 is 2.69 bits per heavy atom. The highest BCUT2D eigenvalue weighted by Gasteiger charge is 2.20. The summed E-state index contributed by atoms with van der Waals surface area (Å²) in [7, 11) is 0. The van der Waals surface area contributed by atoms with Crippen LogP contribution in [0.1, 0.15) is 30.5 Å². The maximum absolute atomic E-state index is 12.7. The molecule has 1 unspecified atom stereocenters. The van der Waals surface area contributed by atoms with Crippen molar-refractivity contribution in [1.82, 2.24) is 19.4 Å². The Labute approximate surface area is 184 Å². The zero-order valence-electron chi connectivity index (χ0n) is 17.5. The molecule has 3 N–H and O–H groups in total. The first-order valence-corrected chi connectivity index (χ1v) is 9.98. The van der Waals surface area contributed by atoms with Crippen LogP contribution in [-0.4, -0.2) is 38.8 Å². The van der Waals surface area contributed by atoms with Crippen molar-refractivity contribution >= 4 is 18.1 Å². The molecule has 3 aromatic rings. The normalized spacial score (nSPS) is 11.9. The molecule has 0 saturated carbocycles. The van der Waals surface area contributed by atoms with Crippen LogP contribution < -0.4 is 16.8 Å². The molecule has 2 aromatic heterocycles. The Hall–Kier alpha value is -4.21. The molecule has 0 bridgehead atoms. The van der Waals surface area contributed by atoms with Gasteiger partial charge in [0.1, 0.15) is 6.54 Å². The molecule has 10 nitrogen and oxygen atoms in total. The molecule has 0 saturated heterocycles. The summed E-state index contributed by atoms with van der Waals surface area (Å²) >= 11 is 0. The molecule has 1 atom stereocenters.